The molecule has 28 heavy (non-hydrogen) atoms. The number of anilines is 1. The summed E-state index contributed by atoms with van der Waals surface area (Å²) in [4.78, 5) is 28.7. The Morgan fingerprint density at radius 3 is 2.29 bits per heavy atom. The van der Waals surface area contributed by atoms with E-state index in [0.717, 1.165) is 12.0 Å². The van der Waals surface area contributed by atoms with Crippen molar-refractivity contribution < 1.29 is 14.0 Å². The van der Waals surface area contributed by atoms with Crippen LogP contribution >= 0.6 is 12.4 Å². The Bertz CT molecular complexity index is 814. The number of nitrogens with two attached hydrogens (primary N) is 1. The molecular weight excluding hydrogens is 381 g/mol. The van der Waals surface area contributed by atoms with Gasteiger partial charge < -0.3 is 15.5 Å². The van der Waals surface area contributed by atoms with Crippen molar-refractivity contribution in [3.8, 4) is 0 Å². The second-order valence-corrected chi connectivity index (χ2v) is 6.73. The molecule has 2 N–H and O–H groups in total. The minimum absolute atomic E-state index is 0. The Balaban J connectivity index is 0.00000280. The summed E-state index contributed by atoms with van der Waals surface area (Å²) < 4.78 is 13.0. The first-order valence-corrected chi connectivity index (χ1v) is 9.20. The SMILES string of the molecule is Cl.Nc1ccccc1CCC(=O)N1CCCN(C(=O)c2ccc(F)cc2)CC1. The molecule has 5 nitrogen and oxygen atoms in total. The van der Waals surface area contributed by atoms with Gasteiger partial charge in [-0.25, -0.2) is 4.39 Å². The number of hydrogen-bond acceptors (Lipinski definition) is 3. The fourth-order valence-electron chi connectivity index (χ4n) is 3.31. The number of carbonyl (C=O) groups is 2. The van der Waals surface area contributed by atoms with Crippen molar-refractivity contribution in [2.24, 2.45) is 0 Å². The van der Waals surface area contributed by atoms with Gasteiger partial charge in [0.2, 0.25) is 5.91 Å². The van der Waals surface area contributed by atoms with Crippen molar-refractivity contribution >= 4 is 29.9 Å². The molecule has 0 aliphatic carbocycles. The molecule has 2 aromatic carbocycles. The summed E-state index contributed by atoms with van der Waals surface area (Å²) in [5.74, 6) is -0.408. The number of hydrogen-bond donors (Lipinski definition) is 1. The van der Waals surface area contributed by atoms with E-state index >= 15 is 0 Å². The van der Waals surface area contributed by atoms with E-state index in [1.165, 1.54) is 24.3 Å². The van der Waals surface area contributed by atoms with E-state index in [4.69, 9.17) is 5.73 Å². The van der Waals surface area contributed by atoms with E-state index < -0.39 is 0 Å². The van der Waals surface area contributed by atoms with Gasteiger partial charge in [0.1, 0.15) is 5.82 Å². The van der Waals surface area contributed by atoms with Crippen molar-refractivity contribution in [2.45, 2.75) is 19.3 Å². The average molecular weight is 406 g/mol. The molecule has 0 aromatic heterocycles. The Morgan fingerprint density at radius 1 is 0.929 bits per heavy atom. The summed E-state index contributed by atoms with van der Waals surface area (Å²) in [6.45, 7) is 2.22. The number of amides is 2. The van der Waals surface area contributed by atoms with Crippen molar-refractivity contribution in [3.63, 3.8) is 0 Å². The van der Waals surface area contributed by atoms with Crippen molar-refractivity contribution in [2.75, 3.05) is 31.9 Å². The maximum absolute atomic E-state index is 13.0. The first-order chi connectivity index (χ1) is 13.0. The molecule has 1 aliphatic rings. The van der Waals surface area contributed by atoms with Crippen LogP contribution in [0.1, 0.15) is 28.8 Å². The van der Waals surface area contributed by atoms with E-state index in [1.54, 1.807) is 4.90 Å². The lowest BCUT2D eigenvalue weighted by Gasteiger charge is -2.22. The van der Waals surface area contributed by atoms with E-state index in [9.17, 15) is 14.0 Å². The molecule has 0 spiro atoms. The zero-order valence-electron chi connectivity index (χ0n) is 15.6. The molecule has 1 fully saturated rings. The van der Waals surface area contributed by atoms with Gasteiger partial charge >= 0.3 is 0 Å². The first-order valence-electron chi connectivity index (χ1n) is 9.20. The highest BCUT2D eigenvalue weighted by molar-refractivity contribution is 5.94. The highest BCUT2D eigenvalue weighted by atomic mass is 35.5. The predicted octanol–water partition coefficient (Wildman–Crippen LogP) is 3.14. The third kappa shape index (κ3) is 5.45. The molecule has 7 heteroatoms. The largest absolute Gasteiger partial charge is 0.399 e. The third-order valence-corrected chi connectivity index (χ3v) is 4.89. The van der Waals surface area contributed by atoms with Gasteiger partial charge in [-0.15, -0.1) is 12.4 Å². The lowest BCUT2D eigenvalue weighted by atomic mass is 10.1. The van der Waals surface area contributed by atoms with Crippen LogP contribution < -0.4 is 5.73 Å². The van der Waals surface area contributed by atoms with Crippen LogP contribution in [0.15, 0.2) is 48.5 Å². The summed E-state index contributed by atoms with van der Waals surface area (Å²) in [6, 6.07) is 13.1. The monoisotopic (exact) mass is 405 g/mol. The molecule has 0 unspecified atom stereocenters. The van der Waals surface area contributed by atoms with Crippen molar-refractivity contribution in [3.05, 3.63) is 65.5 Å². The summed E-state index contributed by atoms with van der Waals surface area (Å²) in [5.41, 5.74) is 8.09. The Morgan fingerprint density at radius 2 is 1.57 bits per heavy atom. The molecule has 150 valence electrons. The van der Waals surface area contributed by atoms with Gasteiger partial charge in [0.25, 0.3) is 5.91 Å². The highest BCUT2D eigenvalue weighted by Gasteiger charge is 2.22. The van der Waals surface area contributed by atoms with E-state index in [-0.39, 0.29) is 30.0 Å². The first kappa shape index (κ1) is 21.7. The standard InChI is InChI=1S/C21H24FN3O2.ClH/c22-18-9-6-17(7-10-18)21(27)25-13-3-12-24(14-15-25)20(26)11-8-16-4-1-2-5-19(16)23;/h1-2,4-7,9-10H,3,8,11-15,23H2;1H. The van der Waals surface area contributed by atoms with Crippen molar-refractivity contribution in [1.29, 1.82) is 0 Å². The third-order valence-electron chi connectivity index (χ3n) is 4.89. The molecule has 2 amide bonds. The highest BCUT2D eigenvalue weighted by Crippen LogP contribution is 2.15. The van der Waals surface area contributed by atoms with Crippen LogP contribution in [0, 0.1) is 5.82 Å². The van der Waals surface area contributed by atoms with Gasteiger partial charge in [-0.3, -0.25) is 9.59 Å². The van der Waals surface area contributed by atoms with Crippen molar-refractivity contribution in [1.82, 2.24) is 9.80 Å². The number of nitrogens with zero attached hydrogens (tertiary/aromatic N) is 2. The number of carbonyl (C=O) groups excluding carboxylic acids is 2. The molecule has 2 aromatic rings. The second-order valence-electron chi connectivity index (χ2n) is 6.73. The minimum atomic E-state index is -0.363. The number of nitrogen functional groups attached to an aromatic ring is 1. The van der Waals surface area contributed by atoms with E-state index in [1.807, 2.05) is 29.2 Å². The fraction of sp³-hybridized carbons (Fsp3) is 0.333. The zero-order chi connectivity index (χ0) is 19.2. The number of halogens is 2. The van der Waals surface area contributed by atoms with Crippen LogP contribution in [0.3, 0.4) is 0 Å². The van der Waals surface area contributed by atoms with Gasteiger partial charge in [-0.05, 0) is 48.7 Å². The number of benzene rings is 2. The number of aryl methyl sites for hydroxylation is 1. The molecule has 0 saturated carbocycles. The van der Waals surface area contributed by atoms with Crippen LogP contribution in [0.4, 0.5) is 10.1 Å². The zero-order valence-corrected chi connectivity index (χ0v) is 16.5. The fourth-order valence-corrected chi connectivity index (χ4v) is 3.31. The molecule has 0 radical (unpaired) electrons. The van der Waals surface area contributed by atoms with Crippen LogP contribution in [0.2, 0.25) is 0 Å². The van der Waals surface area contributed by atoms with E-state index in [0.29, 0.717) is 50.3 Å². The molecule has 1 heterocycles. The average Bonchev–Trinajstić information content (AvgIpc) is 2.93. The van der Waals surface area contributed by atoms with Gasteiger partial charge in [0.15, 0.2) is 0 Å². The van der Waals surface area contributed by atoms with Crippen LogP contribution in [0.5, 0.6) is 0 Å². The summed E-state index contributed by atoms with van der Waals surface area (Å²) in [6.07, 6.45) is 1.74. The quantitative estimate of drug-likeness (QED) is 0.794. The van der Waals surface area contributed by atoms with E-state index in [2.05, 4.69) is 0 Å². The van der Waals surface area contributed by atoms with Gasteiger partial charge in [0.05, 0.1) is 0 Å². The normalized spacial score (nSPS) is 14.2. The molecule has 3 rings (SSSR count). The Hall–Kier alpha value is -2.60. The summed E-state index contributed by atoms with van der Waals surface area (Å²) >= 11 is 0. The lowest BCUT2D eigenvalue weighted by Crippen LogP contribution is -2.37. The number of rotatable bonds is 4. The van der Waals surface area contributed by atoms with Gasteiger partial charge in [-0.2, -0.15) is 0 Å². The molecule has 0 atom stereocenters. The number of para-hydroxylation sites is 1. The molecule has 1 saturated heterocycles. The summed E-state index contributed by atoms with van der Waals surface area (Å²) in [7, 11) is 0. The smallest absolute Gasteiger partial charge is 0.253 e. The predicted molar refractivity (Wildman–Crippen MR) is 110 cm³/mol. The molecular formula is C21H25ClFN3O2. The molecule has 1 aliphatic heterocycles. The van der Waals surface area contributed by atoms with Gasteiger partial charge in [0, 0.05) is 43.9 Å². The van der Waals surface area contributed by atoms with Crippen LogP contribution in [0.25, 0.3) is 0 Å². The maximum Gasteiger partial charge on any atom is 0.253 e. The van der Waals surface area contributed by atoms with Crippen LogP contribution in [-0.4, -0.2) is 47.8 Å². The second kappa shape index (κ2) is 10.1. The minimum Gasteiger partial charge on any atom is -0.399 e. The topological polar surface area (TPSA) is 66.6 Å². The lowest BCUT2D eigenvalue weighted by molar-refractivity contribution is -0.131. The summed E-state index contributed by atoms with van der Waals surface area (Å²) in [5, 5.41) is 0. The molecule has 0 bridgehead atoms. The maximum atomic E-state index is 13.0. The Labute approximate surface area is 170 Å². The van der Waals surface area contributed by atoms with Crippen LogP contribution in [-0.2, 0) is 11.2 Å². The van der Waals surface area contributed by atoms with Gasteiger partial charge in [-0.1, -0.05) is 18.2 Å². The Kier molecular flexibility index (Phi) is 7.81.